The highest BCUT2D eigenvalue weighted by molar-refractivity contribution is 7.10. The van der Waals surface area contributed by atoms with Crippen LogP contribution in [0.3, 0.4) is 0 Å². The van der Waals surface area contributed by atoms with Gasteiger partial charge in [-0.05, 0) is 42.3 Å². The lowest BCUT2D eigenvalue weighted by Crippen LogP contribution is -2.32. The summed E-state index contributed by atoms with van der Waals surface area (Å²) in [6.07, 6.45) is 1.19. The molecule has 0 aromatic carbocycles. The van der Waals surface area contributed by atoms with Crippen LogP contribution in [0, 0.1) is 12.3 Å². The molecule has 0 aliphatic carbocycles. The van der Waals surface area contributed by atoms with Gasteiger partial charge in [-0.25, -0.2) is 0 Å². The highest BCUT2D eigenvalue weighted by Gasteiger charge is 2.25. The van der Waals surface area contributed by atoms with Crippen LogP contribution in [0.4, 0.5) is 0 Å². The van der Waals surface area contributed by atoms with E-state index in [1.165, 1.54) is 16.9 Å². The zero-order chi connectivity index (χ0) is 11.5. The molecule has 0 aliphatic heterocycles. The van der Waals surface area contributed by atoms with Gasteiger partial charge >= 0.3 is 0 Å². The highest BCUT2D eigenvalue weighted by Crippen LogP contribution is 2.34. The predicted octanol–water partition coefficient (Wildman–Crippen LogP) is 4.14. The van der Waals surface area contributed by atoms with Crippen molar-refractivity contribution in [3.8, 4) is 0 Å². The summed E-state index contributed by atoms with van der Waals surface area (Å²) < 4.78 is 0. The molecule has 86 valence electrons. The van der Waals surface area contributed by atoms with Gasteiger partial charge in [-0.2, -0.15) is 0 Å². The maximum absolute atomic E-state index is 3.65. The molecule has 0 radical (unpaired) electrons. The number of thiophene rings is 1. The van der Waals surface area contributed by atoms with Gasteiger partial charge in [0.15, 0.2) is 0 Å². The quantitative estimate of drug-likeness (QED) is 0.812. The normalized spacial score (nSPS) is 14.2. The Morgan fingerprint density at radius 3 is 2.47 bits per heavy atom. The summed E-state index contributed by atoms with van der Waals surface area (Å²) in [5.74, 6) is 0. The van der Waals surface area contributed by atoms with Gasteiger partial charge in [0.1, 0.15) is 0 Å². The van der Waals surface area contributed by atoms with Gasteiger partial charge in [0.2, 0.25) is 0 Å². The summed E-state index contributed by atoms with van der Waals surface area (Å²) in [6, 6.07) is 2.78. The molecule has 0 aliphatic rings. The average molecular weight is 225 g/mol. The van der Waals surface area contributed by atoms with E-state index in [1.807, 2.05) is 11.3 Å². The van der Waals surface area contributed by atoms with Crippen molar-refractivity contribution in [3.05, 3.63) is 21.9 Å². The molecule has 0 bridgehead atoms. The van der Waals surface area contributed by atoms with Crippen molar-refractivity contribution in [1.29, 1.82) is 0 Å². The Kier molecular flexibility index (Phi) is 4.35. The van der Waals surface area contributed by atoms with Crippen LogP contribution in [0.15, 0.2) is 11.4 Å². The molecule has 2 heteroatoms. The second-order valence-corrected chi connectivity index (χ2v) is 6.36. The lowest BCUT2D eigenvalue weighted by molar-refractivity contribution is 0.274. The second-order valence-electron chi connectivity index (χ2n) is 5.24. The van der Waals surface area contributed by atoms with Gasteiger partial charge in [0, 0.05) is 10.9 Å². The maximum Gasteiger partial charge on any atom is 0.0377 e. The summed E-state index contributed by atoms with van der Waals surface area (Å²) in [4.78, 5) is 1.40. The third-order valence-corrected chi connectivity index (χ3v) is 3.43. The first-order chi connectivity index (χ1) is 6.95. The molecule has 1 atom stereocenters. The summed E-state index contributed by atoms with van der Waals surface area (Å²) in [7, 11) is 0. The number of rotatable bonds is 4. The van der Waals surface area contributed by atoms with Crippen molar-refractivity contribution in [1.82, 2.24) is 5.32 Å². The van der Waals surface area contributed by atoms with Crippen LogP contribution in [0.1, 0.15) is 50.6 Å². The van der Waals surface area contributed by atoms with Crippen LogP contribution in [0.25, 0.3) is 0 Å². The van der Waals surface area contributed by atoms with Crippen LogP contribution in [-0.2, 0) is 0 Å². The number of hydrogen-bond donors (Lipinski definition) is 1. The van der Waals surface area contributed by atoms with Crippen molar-refractivity contribution in [2.24, 2.45) is 5.41 Å². The van der Waals surface area contributed by atoms with Gasteiger partial charge in [-0.15, -0.1) is 11.3 Å². The van der Waals surface area contributed by atoms with Crippen LogP contribution in [-0.4, -0.2) is 6.54 Å². The van der Waals surface area contributed by atoms with E-state index in [9.17, 15) is 0 Å². The molecule has 0 saturated carbocycles. The standard InChI is InChI=1S/C13H23NS/c1-6-7-14-12(13(3,4)5)11-8-10(2)15-9-11/h8-9,12,14H,6-7H2,1-5H3. The first kappa shape index (κ1) is 12.7. The van der Waals surface area contributed by atoms with E-state index >= 15 is 0 Å². The molecule has 1 unspecified atom stereocenters. The lowest BCUT2D eigenvalue weighted by Gasteiger charge is -2.31. The van der Waals surface area contributed by atoms with Crippen LogP contribution in [0.2, 0.25) is 0 Å². The van der Waals surface area contributed by atoms with Crippen molar-refractivity contribution in [2.75, 3.05) is 6.54 Å². The zero-order valence-corrected chi connectivity index (χ0v) is 11.4. The molecule has 0 amide bonds. The zero-order valence-electron chi connectivity index (χ0n) is 10.6. The fourth-order valence-corrected chi connectivity index (χ4v) is 2.56. The smallest absolute Gasteiger partial charge is 0.0377 e. The SMILES string of the molecule is CCCNC(c1csc(C)c1)C(C)(C)C. The molecule has 0 spiro atoms. The summed E-state index contributed by atoms with van der Waals surface area (Å²) in [5.41, 5.74) is 1.72. The number of nitrogens with one attached hydrogen (secondary N) is 1. The van der Waals surface area contributed by atoms with Crippen molar-refractivity contribution in [2.45, 2.75) is 47.1 Å². The third-order valence-electron chi connectivity index (χ3n) is 2.55. The molecule has 1 nitrogen and oxygen atoms in total. The average Bonchev–Trinajstić information content (AvgIpc) is 2.50. The molecule has 0 fully saturated rings. The van der Waals surface area contributed by atoms with E-state index in [4.69, 9.17) is 0 Å². The van der Waals surface area contributed by atoms with E-state index in [0.29, 0.717) is 6.04 Å². The van der Waals surface area contributed by atoms with Crippen LogP contribution < -0.4 is 5.32 Å². The minimum atomic E-state index is 0.280. The van der Waals surface area contributed by atoms with Gasteiger partial charge in [0.25, 0.3) is 0 Å². The summed E-state index contributed by atoms with van der Waals surface area (Å²) in [6.45, 7) is 12.4. The monoisotopic (exact) mass is 225 g/mol. The molecular weight excluding hydrogens is 202 g/mol. The largest absolute Gasteiger partial charge is 0.309 e. The van der Waals surface area contributed by atoms with E-state index < -0.39 is 0 Å². The Hall–Kier alpha value is -0.340. The van der Waals surface area contributed by atoms with E-state index in [2.05, 4.69) is 51.4 Å². The maximum atomic E-state index is 3.65. The molecule has 15 heavy (non-hydrogen) atoms. The van der Waals surface area contributed by atoms with E-state index in [-0.39, 0.29) is 5.41 Å². The minimum absolute atomic E-state index is 0.280. The lowest BCUT2D eigenvalue weighted by atomic mass is 9.83. The van der Waals surface area contributed by atoms with Gasteiger partial charge < -0.3 is 5.32 Å². The highest BCUT2D eigenvalue weighted by atomic mass is 32.1. The molecule has 1 rings (SSSR count). The Balaban J connectivity index is 2.81. The Labute approximate surface area is 97.9 Å². The molecule has 1 aromatic rings. The molecule has 1 N–H and O–H groups in total. The van der Waals surface area contributed by atoms with Gasteiger partial charge in [0.05, 0.1) is 0 Å². The summed E-state index contributed by atoms with van der Waals surface area (Å²) >= 11 is 1.84. The topological polar surface area (TPSA) is 12.0 Å². The minimum Gasteiger partial charge on any atom is -0.309 e. The fourth-order valence-electron chi connectivity index (χ4n) is 1.83. The molecule has 1 heterocycles. The van der Waals surface area contributed by atoms with Crippen molar-refractivity contribution in [3.63, 3.8) is 0 Å². The molecular formula is C13H23NS. The van der Waals surface area contributed by atoms with Crippen LogP contribution >= 0.6 is 11.3 Å². The number of hydrogen-bond acceptors (Lipinski definition) is 2. The second kappa shape index (κ2) is 5.13. The first-order valence-corrected chi connectivity index (χ1v) is 6.61. The number of aryl methyl sites for hydroxylation is 1. The van der Waals surface area contributed by atoms with Crippen molar-refractivity contribution >= 4 is 11.3 Å². The fraction of sp³-hybridized carbons (Fsp3) is 0.692. The van der Waals surface area contributed by atoms with Gasteiger partial charge in [-0.1, -0.05) is 27.7 Å². The van der Waals surface area contributed by atoms with Gasteiger partial charge in [-0.3, -0.25) is 0 Å². The molecule has 1 aromatic heterocycles. The Bertz CT molecular complexity index is 296. The van der Waals surface area contributed by atoms with Crippen LogP contribution in [0.5, 0.6) is 0 Å². The summed E-state index contributed by atoms with van der Waals surface area (Å²) in [5, 5.41) is 5.93. The van der Waals surface area contributed by atoms with E-state index in [1.54, 1.807) is 0 Å². The Morgan fingerprint density at radius 1 is 1.40 bits per heavy atom. The Morgan fingerprint density at radius 2 is 2.07 bits per heavy atom. The predicted molar refractivity (Wildman–Crippen MR) is 69.5 cm³/mol. The molecule has 0 saturated heterocycles. The third kappa shape index (κ3) is 3.62. The first-order valence-electron chi connectivity index (χ1n) is 5.73. The van der Waals surface area contributed by atoms with E-state index in [0.717, 1.165) is 6.54 Å². The van der Waals surface area contributed by atoms with Crippen molar-refractivity contribution < 1.29 is 0 Å².